The van der Waals surface area contributed by atoms with E-state index in [1.165, 1.54) is 25.8 Å². The minimum Gasteiger partial charge on any atom is -0.356 e. The van der Waals surface area contributed by atoms with E-state index in [0.717, 1.165) is 23.8 Å². The molecule has 0 aliphatic carbocycles. The van der Waals surface area contributed by atoms with Crippen molar-refractivity contribution in [2.75, 3.05) is 18.0 Å². The molecule has 17 heavy (non-hydrogen) atoms. The number of nitrogens with zero attached hydrogens (tertiary/aromatic N) is 2. The Kier molecular flexibility index (Phi) is 4.00. The van der Waals surface area contributed by atoms with Crippen LogP contribution < -0.4 is 10.6 Å². The molecule has 2 atom stereocenters. The maximum absolute atomic E-state index is 5.83. The van der Waals surface area contributed by atoms with Crippen LogP contribution in [0.4, 0.5) is 5.82 Å². The molecule has 0 saturated carbocycles. The van der Waals surface area contributed by atoms with Crippen molar-refractivity contribution in [3.8, 4) is 0 Å². The maximum atomic E-state index is 5.83. The molecule has 0 radical (unpaired) electrons. The minimum absolute atomic E-state index is 0.0722. The zero-order chi connectivity index (χ0) is 12.3. The molecule has 0 spiro atoms. The van der Waals surface area contributed by atoms with Crippen molar-refractivity contribution >= 4 is 5.82 Å². The van der Waals surface area contributed by atoms with Crippen LogP contribution in [0.3, 0.4) is 0 Å². The number of hydrogen-bond donors (Lipinski definition) is 1. The predicted octanol–water partition coefficient (Wildman–Crippen LogP) is 2.73. The second kappa shape index (κ2) is 5.50. The van der Waals surface area contributed by atoms with Gasteiger partial charge >= 0.3 is 0 Å². The first-order valence-electron chi connectivity index (χ1n) is 6.67. The number of pyridine rings is 1. The molecule has 1 aromatic heterocycles. The second-order valence-corrected chi connectivity index (χ2v) is 5.13. The Labute approximate surface area is 104 Å². The fourth-order valence-electron chi connectivity index (χ4n) is 2.54. The van der Waals surface area contributed by atoms with Crippen LogP contribution in [0.5, 0.6) is 0 Å². The molecule has 0 aromatic carbocycles. The zero-order valence-electron chi connectivity index (χ0n) is 10.9. The molecule has 2 rings (SSSR count). The van der Waals surface area contributed by atoms with E-state index < -0.39 is 0 Å². The van der Waals surface area contributed by atoms with Crippen LogP contribution in [0, 0.1) is 5.92 Å². The number of hydrogen-bond acceptors (Lipinski definition) is 3. The van der Waals surface area contributed by atoms with Gasteiger partial charge in [-0.1, -0.05) is 19.4 Å². The molecule has 1 saturated heterocycles. The van der Waals surface area contributed by atoms with Crippen molar-refractivity contribution in [3.63, 3.8) is 0 Å². The van der Waals surface area contributed by atoms with Gasteiger partial charge in [0.1, 0.15) is 5.82 Å². The molecule has 1 unspecified atom stereocenters. The van der Waals surface area contributed by atoms with Crippen LogP contribution in [-0.4, -0.2) is 18.1 Å². The lowest BCUT2D eigenvalue weighted by atomic mass is 10.0. The largest absolute Gasteiger partial charge is 0.356 e. The third kappa shape index (κ3) is 2.97. The van der Waals surface area contributed by atoms with Gasteiger partial charge in [0, 0.05) is 25.3 Å². The van der Waals surface area contributed by atoms with E-state index in [1.54, 1.807) is 0 Å². The maximum Gasteiger partial charge on any atom is 0.128 e. The van der Waals surface area contributed by atoms with Gasteiger partial charge in [0.15, 0.2) is 0 Å². The van der Waals surface area contributed by atoms with E-state index in [4.69, 9.17) is 5.73 Å². The zero-order valence-corrected chi connectivity index (χ0v) is 10.9. The van der Waals surface area contributed by atoms with E-state index in [2.05, 4.69) is 28.9 Å². The van der Waals surface area contributed by atoms with E-state index in [9.17, 15) is 0 Å². The van der Waals surface area contributed by atoms with E-state index in [1.807, 2.05) is 13.1 Å². The molecule has 1 aromatic rings. The number of rotatable bonds is 4. The Hall–Kier alpha value is -1.09. The van der Waals surface area contributed by atoms with Gasteiger partial charge < -0.3 is 10.6 Å². The third-order valence-corrected chi connectivity index (χ3v) is 3.60. The molecule has 1 fully saturated rings. The molecule has 94 valence electrons. The summed E-state index contributed by atoms with van der Waals surface area (Å²) in [6.45, 7) is 6.57. The summed E-state index contributed by atoms with van der Waals surface area (Å²) in [6.07, 6.45) is 5.85. The van der Waals surface area contributed by atoms with Crippen molar-refractivity contribution in [2.45, 2.75) is 39.2 Å². The van der Waals surface area contributed by atoms with E-state index in [-0.39, 0.29) is 6.04 Å². The van der Waals surface area contributed by atoms with Gasteiger partial charge in [-0.25, -0.2) is 4.98 Å². The van der Waals surface area contributed by atoms with E-state index in [0.29, 0.717) is 0 Å². The molecule has 3 heteroatoms. The van der Waals surface area contributed by atoms with Crippen LogP contribution in [0.1, 0.15) is 44.7 Å². The van der Waals surface area contributed by atoms with Crippen molar-refractivity contribution in [1.29, 1.82) is 0 Å². The molecule has 0 bridgehead atoms. The van der Waals surface area contributed by atoms with Crippen molar-refractivity contribution in [2.24, 2.45) is 11.7 Å². The molecule has 1 aliphatic rings. The van der Waals surface area contributed by atoms with Gasteiger partial charge in [0.2, 0.25) is 0 Å². The lowest BCUT2D eigenvalue weighted by Gasteiger charge is -2.18. The van der Waals surface area contributed by atoms with Gasteiger partial charge in [0.05, 0.1) is 0 Å². The van der Waals surface area contributed by atoms with Crippen molar-refractivity contribution in [3.05, 3.63) is 23.9 Å². The van der Waals surface area contributed by atoms with Crippen molar-refractivity contribution < 1.29 is 0 Å². The topological polar surface area (TPSA) is 42.1 Å². The quantitative estimate of drug-likeness (QED) is 0.869. The van der Waals surface area contributed by atoms with Crippen LogP contribution >= 0.6 is 0 Å². The Morgan fingerprint density at radius 2 is 2.35 bits per heavy atom. The summed E-state index contributed by atoms with van der Waals surface area (Å²) in [6, 6.07) is 4.27. The van der Waals surface area contributed by atoms with Crippen LogP contribution in [-0.2, 0) is 0 Å². The van der Waals surface area contributed by atoms with Crippen molar-refractivity contribution in [1.82, 2.24) is 4.98 Å². The van der Waals surface area contributed by atoms with Gasteiger partial charge in [0.25, 0.3) is 0 Å². The molecule has 2 heterocycles. The van der Waals surface area contributed by atoms with Gasteiger partial charge in [-0.15, -0.1) is 0 Å². The van der Waals surface area contributed by atoms with Gasteiger partial charge in [-0.05, 0) is 37.3 Å². The highest BCUT2D eigenvalue weighted by molar-refractivity contribution is 5.40. The summed E-state index contributed by atoms with van der Waals surface area (Å²) in [7, 11) is 0. The first-order valence-corrected chi connectivity index (χ1v) is 6.67. The third-order valence-electron chi connectivity index (χ3n) is 3.60. The Morgan fingerprint density at radius 1 is 1.53 bits per heavy atom. The Bertz CT molecular complexity index is 345. The normalized spacial score (nSPS) is 21.8. The van der Waals surface area contributed by atoms with Crippen LogP contribution in [0.2, 0.25) is 0 Å². The fraction of sp³-hybridized carbons (Fsp3) is 0.643. The molecule has 2 N–H and O–H groups in total. The van der Waals surface area contributed by atoms with E-state index >= 15 is 0 Å². The molecular weight excluding hydrogens is 210 g/mol. The molecule has 1 aliphatic heterocycles. The first kappa shape index (κ1) is 12.4. The van der Waals surface area contributed by atoms with Gasteiger partial charge in [-0.2, -0.15) is 0 Å². The highest BCUT2D eigenvalue weighted by Crippen LogP contribution is 2.25. The highest BCUT2D eigenvalue weighted by atomic mass is 15.2. The second-order valence-electron chi connectivity index (χ2n) is 5.13. The summed E-state index contributed by atoms with van der Waals surface area (Å²) < 4.78 is 0. The molecule has 3 nitrogen and oxygen atoms in total. The summed E-state index contributed by atoms with van der Waals surface area (Å²) in [4.78, 5) is 6.92. The number of aromatic nitrogens is 1. The van der Waals surface area contributed by atoms with Crippen LogP contribution in [0.15, 0.2) is 18.3 Å². The lowest BCUT2D eigenvalue weighted by molar-refractivity contribution is 0.529. The first-order chi connectivity index (χ1) is 8.20. The Balaban J connectivity index is 1.99. The predicted molar refractivity (Wildman–Crippen MR) is 72.1 cm³/mol. The summed E-state index contributed by atoms with van der Waals surface area (Å²) in [5.41, 5.74) is 6.93. The smallest absolute Gasteiger partial charge is 0.128 e. The summed E-state index contributed by atoms with van der Waals surface area (Å²) in [5, 5.41) is 0. The standard InChI is InChI=1S/C14H23N3/c1-3-4-12-7-8-17(10-12)14-6-5-13(9-16-14)11(2)15/h5-6,9,11-12H,3-4,7-8,10,15H2,1-2H3/t11-,12?/m0/s1. The van der Waals surface area contributed by atoms with Gasteiger partial charge in [-0.3, -0.25) is 0 Å². The fourth-order valence-corrected chi connectivity index (χ4v) is 2.54. The number of nitrogens with two attached hydrogens (primary N) is 1. The highest BCUT2D eigenvalue weighted by Gasteiger charge is 2.22. The summed E-state index contributed by atoms with van der Waals surface area (Å²) >= 11 is 0. The Morgan fingerprint density at radius 3 is 2.94 bits per heavy atom. The lowest BCUT2D eigenvalue weighted by Crippen LogP contribution is -2.21. The minimum atomic E-state index is 0.0722. The average molecular weight is 233 g/mol. The SMILES string of the molecule is CCCC1CCN(c2ccc([C@H](C)N)cn2)C1. The molecular formula is C14H23N3. The average Bonchev–Trinajstić information content (AvgIpc) is 2.78. The number of anilines is 1. The monoisotopic (exact) mass is 233 g/mol. The summed E-state index contributed by atoms with van der Waals surface area (Å²) in [5.74, 6) is 1.96. The van der Waals surface area contributed by atoms with Crippen LogP contribution in [0.25, 0.3) is 0 Å². The molecule has 0 amide bonds.